The summed E-state index contributed by atoms with van der Waals surface area (Å²) in [7, 11) is 1.55. The molecule has 0 atom stereocenters. The molecule has 3 amide bonds. The Labute approximate surface area is 191 Å². The molecule has 1 aliphatic heterocycles. The number of nitrogens with one attached hydrogen (secondary N) is 2. The Balaban J connectivity index is 1.44. The number of ketones is 1. The molecule has 0 fully saturated rings. The molecule has 8 nitrogen and oxygen atoms in total. The molecule has 3 aromatic rings. The third-order valence-electron chi connectivity index (χ3n) is 5.45. The zero-order valence-corrected chi connectivity index (χ0v) is 18.4. The molecule has 2 heterocycles. The minimum absolute atomic E-state index is 0.0184. The van der Waals surface area contributed by atoms with E-state index >= 15 is 0 Å². The second-order valence-corrected chi connectivity index (χ2v) is 7.72. The monoisotopic (exact) mass is 444 g/mol. The van der Waals surface area contributed by atoms with Crippen LogP contribution in [0.5, 0.6) is 11.5 Å². The predicted octanol–water partition coefficient (Wildman–Crippen LogP) is 4.03. The number of benzene rings is 2. The Bertz CT molecular complexity index is 1210. The van der Waals surface area contributed by atoms with Gasteiger partial charge in [0.2, 0.25) is 0 Å². The summed E-state index contributed by atoms with van der Waals surface area (Å²) < 4.78 is 5.94. The topological polar surface area (TPSA) is 101 Å². The number of carbonyl (C=O) groups is 3. The third-order valence-corrected chi connectivity index (χ3v) is 5.45. The van der Waals surface area contributed by atoms with E-state index in [0.29, 0.717) is 35.8 Å². The summed E-state index contributed by atoms with van der Waals surface area (Å²) in [5.41, 5.74) is 3.67. The zero-order chi connectivity index (χ0) is 23.4. The van der Waals surface area contributed by atoms with Gasteiger partial charge in [-0.15, -0.1) is 0 Å². The molecule has 0 saturated carbocycles. The number of rotatable bonds is 5. The van der Waals surface area contributed by atoms with Crippen LogP contribution >= 0.6 is 0 Å². The summed E-state index contributed by atoms with van der Waals surface area (Å²) in [5.74, 6) is 0.812. The second-order valence-electron chi connectivity index (χ2n) is 7.72. The largest absolute Gasteiger partial charge is 0.457 e. The first-order chi connectivity index (χ1) is 15.9. The number of nitrogens with zero attached hydrogens (tertiary/aromatic N) is 2. The molecule has 2 aromatic carbocycles. The van der Waals surface area contributed by atoms with Crippen molar-refractivity contribution in [3.05, 3.63) is 83.2 Å². The van der Waals surface area contributed by atoms with E-state index in [1.54, 1.807) is 48.3 Å². The molecule has 0 bridgehead atoms. The molecule has 8 heteroatoms. The van der Waals surface area contributed by atoms with Crippen LogP contribution in [0, 0.1) is 0 Å². The van der Waals surface area contributed by atoms with E-state index in [4.69, 9.17) is 4.74 Å². The zero-order valence-electron chi connectivity index (χ0n) is 18.4. The fraction of sp³-hybridized carbons (Fsp3) is 0.200. The van der Waals surface area contributed by atoms with Gasteiger partial charge >= 0.3 is 6.03 Å². The number of ether oxygens (including phenoxy) is 1. The summed E-state index contributed by atoms with van der Waals surface area (Å²) in [6, 6.07) is 15.7. The first kappa shape index (κ1) is 22.0. The number of pyridine rings is 1. The average Bonchev–Trinajstić information content (AvgIpc) is 2.83. The van der Waals surface area contributed by atoms with E-state index in [-0.39, 0.29) is 23.4 Å². The van der Waals surface area contributed by atoms with E-state index < -0.39 is 0 Å². The van der Waals surface area contributed by atoms with Crippen LogP contribution < -0.4 is 15.4 Å². The van der Waals surface area contributed by atoms with Crippen LogP contribution in [0.25, 0.3) is 0 Å². The van der Waals surface area contributed by atoms with Gasteiger partial charge in [0.1, 0.15) is 17.2 Å². The molecule has 2 N–H and O–H groups in total. The van der Waals surface area contributed by atoms with Crippen molar-refractivity contribution >= 4 is 23.4 Å². The highest BCUT2D eigenvalue weighted by Crippen LogP contribution is 2.28. The van der Waals surface area contributed by atoms with Crippen molar-refractivity contribution < 1.29 is 19.1 Å². The second kappa shape index (κ2) is 9.52. The molecular formula is C25H24N4O4. The molecular weight excluding hydrogens is 420 g/mol. The number of hydrogen-bond donors (Lipinski definition) is 2. The summed E-state index contributed by atoms with van der Waals surface area (Å²) in [6.07, 6.45) is 2.26. The maximum atomic E-state index is 12.8. The van der Waals surface area contributed by atoms with Gasteiger partial charge in [-0.2, -0.15) is 0 Å². The van der Waals surface area contributed by atoms with Gasteiger partial charge in [0, 0.05) is 43.7 Å². The fourth-order valence-corrected chi connectivity index (χ4v) is 3.62. The number of hydrogen-bond acceptors (Lipinski definition) is 5. The molecule has 0 unspecified atom stereocenters. The standard InChI is InChI=1S/C25H24N4O4/c1-16(30)17-3-6-20(7-4-17)28-25(32)29-12-10-18-5-8-21(13-19(18)15-29)33-22-9-11-27-23(14-22)24(31)26-2/h3-9,11,13-14H,10,12,15H2,1-2H3,(H,26,31)(H,28,32). The number of amides is 3. The van der Waals surface area contributed by atoms with E-state index in [2.05, 4.69) is 15.6 Å². The number of aromatic nitrogens is 1. The van der Waals surface area contributed by atoms with Crippen LogP contribution in [0.1, 0.15) is 38.9 Å². The number of carbonyl (C=O) groups excluding carboxylic acids is 3. The lowest BCUT2D eigenvalue weighted by Crippen LogP contribution is -2.38. The summed E-state index contributed by atoms with van der Waals surface area (Å²) >= 11 is 0. The van der Waals surface area contributed by atoms with Crippen molar-refractivity contribution in [2.75, 3.05) is 18.9 Å². The van der Waals surface area contributed by atoms with Crippen molar-refractivity contribution in [3.63, 3.8) is 0 Å². The first-order valence-electron chi connectivity index (χ1n) is 10.6. The van der Waals surface area contributed by atoms with Crippen molar-refractivity contribution in [3.8, 4) is 11.5 Å². The van der Waals surface area contributed by atoms with Crippen LogP contribution in [0.15, 0.2) is 60.8 Å². The van der Waals surface area contributed by atoms with Gasteiger partial charge in [-0.05, 0) is 66.9 Å². The molecule has 0 spiro atoms. The van der Waals surface area contributed by atoms with Crippen molar-refractivity contribution in [2.45, 2.75) is 19.9 Å². The highest BCUT2D eigenvalue weighted by atomic mass is 16.5. The minimum Gasteiger partial charge on any atom is -0.457 e. The number of anilines is 1. The molecule has 0 saturated heterocycles. The normalized spacial score (nSPS) is 12.5. The fourth-order valence-electron chi connectivity index (χ4n) is 3.62. The quantitative estimate of drug-likeness (QED) is 0.579. The van der Waals surface area contributed by atoms with Gasteiger partial charge < -0.3 is 20.3 Å². The lowest BCUT2D eigenvalue weighted by molar-refractivity contribution is 0.0956. The lowest BCUT2D eigenvalue weighted by atomic mass is 10.00. The lowest BCUT2D eigenvalue weighted by Gasteiger charge is -2.29. The molecule has 0 radical (unpaired) electrons. The maximum absolute atomic E-state index is 12.8. The Kier molecular flexibility index (Phi) is 6.35. The molecule has 1 aliphatic rings. The summed E-state index contributed by atoms with van der Waals surface area (Å²) in [6.45, 7) is 2.56. The highest BCUT2D eigenvalue weighted by molar-refractivity contribution is 5.95. The van der Waals surface area contributed by atoms with Crippen LogP contribution in [0.3, 0.4) is 0 Å². The van der Waals surface area contributed by atoms with Gasteiger partial charge in [-0.25, -0.2) is 4.79 Å². The van der Waals surface area contributed by atoms with E-state index in [1.165, 1.54) is 13.1 Å². The third kappa shape index (κ3) is 5.17. The number of urea groups is 1. The summed E-state index contributed by atoms with van der Waals surface area (Å²) in [5, 5.41) is 5.42. The minimum atomic E-state index is -0.288. The SMILES string of the molecule is CNC(=O)c1cc(Oc2ccc3c(c2)CN(C(=O)Nc2ccc(C(C)=O)cc2)CC3)ccn1. The van der Waals surface area contributed by atoms with Gasteiger partial charge in [-0.3, -0.25) is 14.6 Å². The Morgan fingerprint density at radius 3 is 2.45 bits per heavy atom. The van der Waals surface area contributed by atoms with Gasteiger partial charge in [-0.1, -0.05) is 6.07 Å². The first-order valence-corrected chi connectivity index (χ1v) is 10.6. The van der Waals surface area contributed by atoms with Crippen molar-refractivity contribution in [1.29, 1.82) is 0 Å². The number of Topliss-reactive ketones (excluding diaryl/α,β-unsaturated/α-hetero) is 1. The molecule has 33 heavy (non-hydrogen) atoms. The van der Waals surface area contributed by atoms with Crippen molar-refractivity contribution in [1.82, 2.24) is 15.2 Å². The van der Waals surface area contributed by atoms with E-state index in [9.17, 15) is 14.4 Å². The van der Waals surface area contributed by atoms with E-state index in [0.717, 1.165) is 17.5 Å². The maximum Gasteiger partial charge on any atom is 0.322 e. The number of fused-ring (bicyclic) bond motifs is 1. The van der Waals surface area contributed by atoms with Crippen LogP contribution in [0.2, 0.25) is 0 Å². The van der Waals surface area contributed by atoms with Crippen LogP contribution in [-0.2, 0) is 13.0 Å². The highest BCUT2D eigenvalue weighted by Gasteiger charge is 2.21. The Hall–Kier alpha value is -4.20. The molecule has 1 aromatic heterocycles. The van der Waals surface area contributed by atoms with Crippen LogP contribution in [-0.4, -0.2) is 41.2 Å². The predicted molar refractivity (Wildman–Crippen MR) is 124 cm³/mol. The molecule has 4 rings (SSSR count). The van der Waals surface area contributed by atoms with Crippen molar-refractivity contribution in [2.24, 2.45) is 0 Å². The average molecular weight is 444 g/mol. The smallest absolute Gasteiger partial charge is 0.322 e. The van der Waals surface area contributed by atoms with Crippen LogP contribution in [0.4, 0.5) is 10.5 Å². The Morgan fingerprint density at radius 2 is 1.73 bits per heavy atom. The van der Waals surface area contributed by atoms with E-state index in [1.807, 2.05) is 18.2 Å². The Morgan fingerprint density at radius 1 is 0.970 bits per heavy atom. The van der Waals surface area contributed by atoms with Gasteiger partial charge in [0.25, 0.3) is 5.91 Å². The molecule has 0 aliphatic carbocycles. The van der Waals surface area contributed by atoms with Gasteiger partial charge in [0.05, 0.1) is 0 Å². The molecule has 168 valence electrons. The summed E-state index contributed by atoms with van der Waals surface area (Å²) in [4.78, 5) is 41.8. The van der Waals surface area contributed by atoms with Gasteiger partial charge in [0.15, 0.2) is 5.78 Å².